The molecule has 0 saturated carbocycles. The summed E-state index contributed by atoms with van der Waals surface area (Å²) in [6.45, 7) is 3.91. The Kier molecular flexibility index (Phi) is 3.60. The molecule has 0 spiro atoms. The highest BCUT2D eigenvalue weighted by Gasteiger charge is 2.13. The molecule has 0 aromatic carbocycles. The van der Waals surface area contributed by atoms with Crippen LogP contribution in [0.1, 0.15) is 18.1 Å². The van der Waals surface area contributed by atoms with E-state index in [0.717, 1.165) is 11.1 Å². The van der Waals surface area contributed by atoms with Gasteiger partial charge < -0.3 is 0 Å². The fourth-order valence-corrected chi connectivity index (χ4v) is 2.20. The van der Waals surface area contributed by atoms with Gasteiger partial charge >= 0.3 is 0 Å². The molecule has 0 fully saturated rings. The zero-order valence-electron chi connectivity index (χ0n) is 9.54. The highest BCUT2D eigenvalue weighted by molar-refractivity contribution is 6.34. The van der Waals surface area contributed by atoms with Gasteiger partial charge in [-0.2, -0.15) is 0 Å². The molecule has 2 aromatic rings. The third kappa shape index (κ3) is 2.40. The molecule has 2 aromatic heterocycles. The lowest BCUT2D eigenvalue weighted by molar-refractivity contribution is 1.04. The largest absolute Gasteiger partial charge is 0.253 e. The smallest absolute Gasteiger partial charge is 0.181 e. The van der Waals surface area contributed by atoms with E-state index in [1.54, 1.807) is 6.20 Å². The van der Waals surface area contributed by atoms with Gasteiger partial charge in [-0.3, -0.25) is 4.98 Å². The summed E-state index contributed by atoms with van der Waals surface area (Å²) in [6.07, 6.45) is 2.40. The van der Waals surface area contributed by atoms with Crippen molar-refractivity contribution in [1.29, 1.82) is 0 Å². The maximum Gasteiger partial charge on any atom is 0.181 e. The summed E-state index contributed by atoms with van der Waals surface area (Å²) >= 11 is 12.1. The molecule has 0 radical (unpaired) electrons. The Hall–Kier alpha value is -1.19. The summed E-state index contributed by atoms with van der Waals surface area (Å²) in [7, 11) is 0. The summed E-state index contributed by atoms with van der Waals surface area (Å²) in [5.41, 5.74) is 2.47. The standard InChI is InChI=1S/C12H11Cl2N3/c1-3-8-10(13)16-12(17-11(8)14)9-7(2)5-4-6-15-9/h4-6H,3H2,1-2H3. The first-order chi connectivity index (χ1) is 8.13. The number of aromatic nitrogens is 3. The van der Waals surface area contributed by atoms with Crippen molar-refractivity contribution < 1.29 is 0 Å². The molecule has 17 heavy (non-hydrogen) atoms. The second-order valence-electron chi connectivity index (χ2n) is 3.63. The minimum atomic E-state index is 0.396. The number of pyridine rings is 1. The highest BCUT2D eigenvalue weighted by Crippen LogP contribution is 2.26. The number of nitrogens with zero attached hydrogens (tertiary/aromatic N) is 3. The molecule has 0 saturated heterocycles. The summed E-state index contributed by atoms with van der Waals surface area (Å²) < 4.78 is 0. The molecule has 2 rings (SSSR count). The van der Waals surface area contributed by atoms with Crippen LogP contribution in [0.25, 0.3) is 11.5 Å². The van der Waals surface area contributed by atoms with Crippen molar-refractivity contribution in [3.8, 4) is 11.5 Å². The maximum absolute atomic E-state index is 6.07. The van der Waals surface area contributed by atoms with Crippen molar-refractivity contribution in [1.82, 2.24) is 15.0 Å². The molecule has 2 heterocycles. The SMILES string of the molecule is CCc1c(Cl)nc(-c2ncccc2C)nc1Cl. The van der Waals surface area contributed by atoms with Crippen molar-refractivity contribution in [2.45, 2.75) is 20.3 Å². The number of hydrogen-bond acceptors (Lipinski definition) is 3. The lowest BCUT2D eigenvalue weighted by Crippen LogP contribution is -1.99. The average Bonchev–Trinajstić information content (AvgIpc) is 2.29. The molecule has 0 atom stereocenters. The average molecular weight is 268 g/mol. The zero-order valence-corrected chi connectivity index (χ0v) is 11.0. The first-order valence-corrected chi connectivity index (χ1v) is 6.03. The lowest BCUT2D eigenvalue weighted by Gasteiger charge is -2.07. The van der Waals surface area contributed by atoms with E-state index in [9.17, 15) is 0 Å². The third-order valence-corrected chi connectivity index (χ3v) is 3.11. The van der Waals surface area contributed by atoms with Crippen LogP contribution in [0.15, 0.2) is 18.3 Å². The molecular formula is C12H11Cl2N3. The predicted octanol–water partition coefficient (Wildman–Crippen LogP) is 3.72. The summed E-state index contributed by atoms with van der Waals surface area (Å²) in [4.78, 5) is 12.7. The summed E-state index contributed by atoms with van der Waals surface area (Å²) in [5, 5.41) is 0.792. The summed E-state index contributed by atoms with van der Waals surface area (Å²) in [6, 6.07) is 3.81. The van der Waals surface area contributed by atoms with E-state index in [1.165, 1.54) is 0 Å². The predicted molar refractivity (Wildman–Crippen MR) is 69.4 cm³/mol. The topological polar surface area (TPSA) is 38.7 Å². The second-order valence-corrected chi connectivity index (χ2v) is 4.35. The molecule has 0 aliphatic carbocycles. The minimum absolute atomic E-state index is 0.396. The van der Waals surface area contributed by atoms with Crippen molar-refractivity contribution in [2.24, 2.45) is 0 Å². The maximum atomic E-state index is 6.07. The van der Waals surface area contributed by atoms with Crippen LogP contribution in [0.4, 0.5) is 0 Å². The van der Waals surface area contributed by atoms with Gasteiger partial charge in [-0.1, -0.05) is 36.2 Å². The number of aryl methyl sites for hydroxylation is 1. The molecule has 5 heteroatoms. The fourth-order valence-electron chi connectivity index (χ4n) is 1.55. The minimum Gasteiger partial charge on any atom is -0.253 e. The van der Waals surface area contributed by atoms with E-state index >= 15 is 0 Å². The van der Waals surface area contributed by atoms with E-state index in [-0.39, 0.29) is 0 Å². The Morgan fingerprint density at radius 1 is 1.18 bits per heavy atom. The van der Waals surface area contributed by atoms with Gasteiger partial charge in [0.05, 0.1) is 0 Å². The van der Waals surface area contributed by atoms with Crippen LogP contribution in [0, 0.1) is 6.92 Å². The lowest BCUT2D eigenvalue weighted by atomic mass is 10.2. The van der Waals surface area contributed by atoms with Gasteiger partial charge in [0.2, 0.25) is 0 Å². The van der Waals surface area contributed by atoms with Gasteiger partial charge in [-0.15, -0.1) is 0 Å². The molecule has 0 aliphatic heterocycles. The fraction of sp³-hybridized carbons (Fsp3) is 0.250. The normalized spacial score (nSPS) is 10.6. The Bertz CT molecular complexity index is 532. The van der Waals surface area contributed by atoms with Crippen LogP contribution in [-0.2, 0) is 6.42 Å². The van der Waals surface area contributed by atoms with Gasteiger partial charge in [0.15, 0.2) is 5.82 Å². The van der Waals surface area contributed by atoms with E-state index in [1.807, 2.05) is 26.0 Å². The Morgan fingerprint density at radius 2 is 1.82 bits per heavy atom. The van der Waals surface area contributed by atoms with E-state index in [0.29, 0.717) is 28.2 Å². The van der Waals surface area contributed by atoms with Gasteiger partial charge in [0.1, 0.15) is 16.0 Å². The number of halogens is 2. The summed E-state index contributed by atoms with van der Waals surface area (Å²) in [5.74, 6) is 0.468. The zero-order chi connectivity index (χ0) is 12.4. The van der Waals surface area contributed by atoms with Crippen LogP contribution >= 0.6 is 23.2 Å². The van der Waals surface area contributed by atoms with Gasteiger partial charge in [-0.25, -0.2) is 9.97 Å². The van der Waals surface area contributed by atoms with E-state index < -0.39 is 0 Å². The van der Waals surface area contributed by atoms with Crippen LogP contribution in [-0.4, -0.2) is 15.0 Å². The van der Waals surface area contributed by atoms with Crippen LogP contribution in [0.5, 0.6) is 0 Å². The van der Waals surface area contributed by atoms with Crippen molar-refractivity contribution in [2.75, 3.05) is 0 Å². The van der Waals surface area contributed by atoms with Gasteiger partial charge in [0.25, 0.3) is 0 Å². The molecule has 3 nitrogen and oxygen atoms in total. The molecule has 88 valence electrons. The molecule has 0 unspecified atom stereocenters. The molecular weight excluding hydrogens is 257 g/mol. The van der Waals surface area contributed by atoms with Gasteiger partial charge in [0, 0.05) is 11.8 Å². The monoisotopic (exact) mass is 267 g/mol. The van der Waals surface area contributed by atoms with Crippen LogP contribution in [0.2, 0.25) is 10.3 Å². The second kappa shape index (κ2) is 4.98. The first-order valence-electron chi connectivity index (χ1n) is 5.27. The Balaban J connectivity index is 2.59. The third-order valence-electron chi connectivity index (χ3n) is 2.48. The van der Waals surface area contributed by atoms with E-state index in [2.05, 4.69) is 15.0 Å². The van der Waals surface area contributed by atoms with Gasteiger partial charge in [-0.05, 0) is 25.0 Å². The van der Waals surface area contributed by atoms with Crippen LogP contribution < -0.4 is 0 Å². The quantitative estimate of drug-likeness (QED) is 0.779. The van der Waals surface area contributed by atoms with Crippen molar-refractivity contribution >= 4 is 23.2 Å². The first kappa shape index (κ1) is 12.3. The van der Waals surface area contributed by atoms with Crippen molar-refractivity contribution in [3.63, 3.8) is 0 Å². The van der Waals surface area contributed by atoms with E-state index in [4.69, 9.17) is 23.2 Å². The molecule has 0 aliphatic rings. The Labute approximate surface area is 110 Å². The highest BCUT2D eigenvalue weighted by atomic mass is 35.5. The number of rotatable bonds is 2. The molecule has 0 amide bonds. The van der Waals surface area contributed by atoms with Crippen LogP contribution in [0.3, 0.4) is 0 Å². The molecule has 0 N–H and O–H groups in total. The Morgan fingerprint density at radius 3 is 2.35 bits per heavy atom. The number of hydrogen-bond donors (Lipinski definition) is 0. The van der Waals surface area contributed by atoms with Crippen molar-refractivity contribution in [3.05, 3.63) is 39.8 Å². The molecule has 0 bridgehead atoms.